The molecule has 0 radical (unpaired) electrons. The number of rotatable bonds is 3. The predicted octanol–water partition coefficient (Wildman–Crippen LogP) is 2.04. The SMILES string of the molecule is COc1cc(C(C)C#N)cc(OC)c1O. The smallest absolute Gasteiger partial charge is 0.200 e. The number of phenols is 1. The highest BCUT2D eigenvalue weighted by Crippen LogP contribution is 2.38. The summed E-state index contributed by atoms with van der Waals surface area (Å²) in [5.41, 5.74) is 0.754. The van der Waals surface area contributed by atoms with E-state index >= 15 is 0 Å². The zero-order valence-electron chi connectivity index (χ0n) is 8.94. The van der Waals surface area contributed by atoms with Gasteiger partial charge in [0, 0.05) is 0 Å². The zero-order chi connectivity index (χ0) is 11.4. The lowest BCUT2D eigenvalue weighted by Gasteiger charge is -2.11. The van der Waals surface area contributed by atoms with Crippen LogP contribution < -0.4 is 9.47 Å². The number of methoxy groups -OCH3 is 2. The summed E-state index contributed by atoms with van der Waals surface area (Å²) >= 11 is 0. The molecular formula is C11H13NO3. The van der Waals surface area contributed by atoms with Gasteiger partial charge in [0.2, 0.25) is 5.75 Å². The van der Waals surface area contributed by atoms with Gasteiger partial charge in [-0.15, -0.1) is 0 Å². The summed E-state index contributed by atoms with van der Waals surface area (Å²) in [6.07, 6.45) is 0. The van der Waals surface area contributed by atoms with Gasteiger partial charge in [-0.2, -0.15) is 5.26 Å². The van der Waals surface area contributed by atoms with Gasteiger partial charge in [0.05, 0.1) is 26.2 Å². The van der Waals surface area contributed by atoms with E-state index in [1.807, 2.05) is 0 Å². The number of nitriles is 1. The molecular weight excluding hydrogens is 194 g/mol. The molecule has 80 valence electrons. The lowest BCUT2D eigenvalue weighted by molar-refractivity contribution is 0.339. The van der Waals surface area contributed by atoms with Gasteiger partial charge in [-0.1, -0.05) is 0 Å². The third-order valence-corrected chi connectivity index (χ3v) is 2.20. The molecule has 1 atom stereocenters. The summed E-state index contributed by atoms with van der Waals surface area (Å²) in [6.45, 7) is 1.77. The van der Waals surface area contributed by atoms with Gasteiger partial charge in [-0.05, 0) is 24.6 Å². The molecule has 1 aromatic rings. The van der Waals surface area contributed by atoms with Crippen molar-refractivity contribution in [3.05, 3.63) is 17.7 Å². The molecule has 0 saturated carbocycles. The van der Waals surface area contributed by atoms with Crippen LogP contribution in [0.5, 0.6) is 17.2 Å². The molecule has 0 aliphatic rings. The molecule has 0 aliphatic heterocycles. The summed E-state index contributed by atoms with van der Waals surface area (Å²) in [5.74, 6) is 0.306. The first-order valence-electron chi connectivity index (χ1n) is 4.48. The fourth-order valence-corrected chi connectivity index (χ4v) is 1.24. The molecule has 4 nitrogen and oxygen atoms in total. The Morgan fingerprint density at radius 2 is 1.73 bits per heavy atom. The zero-order valence-corrected chi connectivity index (χ0v) is 8.94. The van der Waals surface area contributed by atoms with Crippen LogP contribution in [-0.2, 0) is 0 Å². The summed E-state index contributed by atoms with van der Waals surface area (Å²) in [4.78, 5) is 0. The first kappa shape index (κ1) is 11.2. The fourth-order valence-electron chi connectivity index (χ4n) is 1.24. The maximum Gasteiger partial charge on any atom is 0.200 e. The monoisotopic (exact) mass is 207 g/mol. The molecule has 0 heterocycles. The van der Waals surface area contributed by atoms with Gasteiger partial charge in [0.25, 0.3) is 0 Å². The molecule has 1 N–H and O–H groups in total. The second-order valence-corrected chi connectivity index (χ2v) is 3.12. The van der Waals surface area contributed by atoms with Crippen LogP contribution in [0.2, 0.25) is 0 Å². The molecule has 0 aromatic heterocycles. The summed E-state index contributed by atoms with van der Waals surface area (Å²) in [5, 5.41) is 18.4. The Morgan fingerprint density at radius 3 is 2.07 bits per heavy atom. The molecule has 0 bridgehead atoms. The average molecular weight is 207 g/mol. The van der Waals surface area contributed by atoms with Gasteiger partial charge < -0.3 is 14.6 Å². The van der Waals surface area contributed by atoms with Crippen LogP contribution in [0, 0.1) is 11.3 Å². The lowest BCUT2D eigenvalue weighted by Crippen LogP contribution is -1.95. The molecule has 1 rings (SSSR count). The van der Waals surface area contributed by atoms with Crippen LogP contribution in [0.25, 0.3) is 0 Å². The molecule has 0 fully saturated rings. The second kappa shape index (κ2) is 4.56. The molecule has 0 saturated heterocycles. The third kappa shape index (κ3) is 2.13. The van der Waals surface area contributed by atoms with Crippen molar-refractivity contribution in [2.24, 2.45) is 0 Å². The van der Waals surface area contributed by atoms with E-state index in [-0.39, 0.29) is 11.7 Å². The van der Waals surface area contributed by atoms with Crippen LogP contribution in [0.15, 0.2) is 12.1 Å². The Morgan fingerprint density at radius 1 is 1.27 bits per heavy atom. The van der Waals surface area contributed by atoms with Crippen LogP contribution in [-0.4, -0.2) is 19.3 Å². The third-order valence-electron chi connectivity index (χ3n) is 2.20. The van der Waals surface area contributed by atoms with Crippen molar-refractivity contribution in [3.8, 4) is 23.3 Å². The van der Waals surface area contributed by atoms with Crippen molar-refractivity contribution < 1.29 is 14.6 Å². The first-order chi connectivity index (χ1) is 7.13. The maximum absolute atomic E-state index is 9.63. The Kier molecular flexibility index (Phi) is 3.40. The molecule has 0 amide bonds. The Balaban J connectivity index is 3.28. The molecule has 4 heteroatoms. The number of hydrogen-bond donors (Lipinski definition) is 1. The standard InChI is InChI=1S/C11H13NO3/c1-7(6-12)8-4-9(14-2)11(13)10(5-8)15-3/h4-5,7,13H,1-3H3. The van der Waals surface area contributed by atoms with Crippen molar-refractivity contribution in [1.82, 2.24) is 0 Å². The average Bonchev–Trinajstić information content (AvgIpc) is 2.28. The molecule has 1 aromatic carbocycles. The summed E-state index contributed by atoms with van der Waals surface area (Å²) in [6, 6.07) is 5.37. The van der Waals surface area contributed by atoms with E-state index in [0.29, 0.717) is 11.5 Å². The van der Waals surface area contributed by atoms with Gasteiger partial charge in [-0.25, -0.2) is 0 Å². The minimum absolute atomic E-state index is 0.0473. The number of aromatic hydroxyl groups is 1. The predicted molar refractivity (Wildman–Crippen MR) is 55.2 cm³/mol. The van der Waals surface area contributed by atoms with E-state index < -0.39 is 0 Å². The van der Waals surface area contributed by atoms with E-state index in [9.17, 15) is 5.11 Å². The van der Waals surface area contributed by atoms with Crippen molar-refractivity contribution in [1.29, 1.82) is 5.26 Å². The minimum Gasteiger partial charge on any atom is -0.502 e. The highest BCUT2D eigenvalue weighted by Gasteiger charge is 2.14. The van der Waals surface area contributed by atoms with Gasteiger partial charge >= 0.3 is 0 Å². The molecule has 0 aliphatic carbocycles. The quantitative estimate of drug-likeness (QED) is 0.823. The Labute approximate surface area is 88.7 Å². The highest BCUT2D eigenvalue weighted by molar-refractivity contribution is 5.53. The number of ether oxygens (including phenoxy) is 2. The topological polar surface area (TPSA) is 62.5 Å². The Hall–Kier alpha value is -1.89. The number of hydrogen-bond acceptors (Lipinski definition) is 4. The molecule has 15 heavy (non-hydrogen) atoms. The number of nitrogens with zero attached hydrogens (tertiary/aromatic N) is 1. The van der Waals surface area contributed by atoms with Gasteiger partial charge in [0.1, 0.15) is 0 Å². The maximum atomic E-state index is 9.63. The fraction of sp³-hybridized carbons (Fsp3) is 0.364. The first-order valence-corrected chi connectivity index (χ1v) is 4.48. The largest absolute Gasteiger partial charge is 0.502 e. The van der Waals surface area contributed by atoms with Crippen LogP contribution in [0.3, 0.4) is 0 Å². The summed E-state index contributed by atoms with van der Waals surface area (Å²) < 4.78 is 9.97. The van der Waals surface area contributed by atoms with Gasteiger partial charge in [0.15, 0.2) is 11.5 Å². The molecule has 0 spiro atoms. The molecule has 1 unspecified atom stereocenters. The normalized spacial score (nSPS) is 11.6. The van der Waals surface area contributed by atoms with Crippen molar-refractivity contribution in [2.45, 2.75) is 12.8 Å². The summed E-state index contributed by atoms with van der Waals surface area (Å²) in [7, 11) is 2.91. The van der Waals surface area contributed by atoms with E-state index in [0.717, 1.165) is 5.56 Å². The number of benzene rings is 1. The second-order valence-electron chi connectivity index (χ2n) is 3.12. The highest BCUT2D eigenvalue weighted by atomic mass is 16.5. The lowest BCUT2D eigenvalue weighted by atomic mass is 10.0. The van der Waals surface area contributed by atoms with Crippen LogP contribution in [0.4, 0.5) is 0 Å². The van der Waals surface area contributed by atoms with Crippen LogP contribution in [0.1, 0.15) is 18.4 Å². The van der Waals surface area contributed by atoms with E-state index in [1.165, 1.54) is 14.2 Å². The minimum atomic E-state index is -0.270. The van der Waals surface area contributed by atoms with E-state index in [4.69, 9.17) is 14.7 Å². The number of phenolic OH excluding ortho intramolecular Hbond substituents is 1. The van der Waals surface area contributed by atoms with Crippen LogP contribution >= 0.6 is 0 Å². The van der Waals surface area contributed by atoms with Crippen molar-refractivity contribution >= 4 is 0 Å². The van der Waals surface area contributed by atoms with Crippen molar-refractivity contribution in [2.75, 3.05) is 14.2 Å². The Bertz CT molecular complexity index is 370. The van der Waals surface area contributed by atoms with Gasteiger partial charge in [-0.3, -0.25) is 0 Å². The van der Waals surface area contributed by atoms with Crippen molar-refractivity contribution in [3.63, 3.8) is 0 Å². The van der Waals surface area contributed by atoms with E-state index in [1.54, 1.807) is 19.1 Å². The van der Waals surface area contributed by atoms with E-state index in [2.05, 4.69) is 6.07 Å².